The Balaban J connectivity index is 1.61. The summed E-state index contributed by atoms with van der Waals surface area (Å²) in [6, 6.07) is 15.0. The third kappa shape index (κ3) is 4.38. The Morgan fingerprint density at radius 3 is 2.32 bits per heavy atom. The Labute approximate surface area is 144 Å². The van der Waals surface area contributed by atoms with Crippen molar-refractivity contribution in [2.45, 2.75) is 13.0 Å². The summed E-state index contributed by atoms with van der Waals surface area (Å²) in [5, 5.41) is 2.69. The molecule has 0 fully saturated rings. The summed E-state index contributed by atoms with van der Waals surface area (Å²) in [6.07, 6.45) is 2.33. The Morgan fingerprint density at radius 1 is 1.04 bits per heavy atom. The molecule has 6 heteroatoms. The van der Waals surface area contributed by atoms with Gasteiger partial charge in [0.2, 0.25) is 0 Å². The Hall–Kier alpha value is -3.28. The predicted molar refractivity (Wildman–Crippen MR) is 92.6 cm³/mol. The number of rotatable bonds is 5. The van der Waals surface area contributed by atoms with Crippen molar-refractivity contribution in [2.24, 2.45) is 0 Å². The van der Waals surface area contributed by atoms with E-state index in [-0.39, 0.29) is 11.7 Å². The number of carbonyl (C=O) groups excluding carboxylic acids is 1. The Morgan fingerprint density at radius 2 is 1.68 bits per heavy atom. The molecule has 1 heterocycles. The Bertz CT molecular complexity index is 837. The van der Waals surface area contributed by atoms with Gasteiger partial charge >= 0.3 is 0 Å². The van der Waals surface area contributed by atoms with Crippen LogP contribution in [0.4, 0.5) is 10.1 Å². The summed E-state index contributed by atoms with van der Waals surface area (Å²) in [5.41, 5.74) is 1.37. The van der Waals surface area contributed by atoms with Crippen molar-refractivity contribution in [3.05, 3.63) is 72.8 Å². The number of amides is 1. The standard InChI is InChI=1S/C19H16FN3O2/c1-13(25-17-9-7-15(20)8-10-17)19(24)23-16-11-21-18(22-12-16)14-5-3-2-4-6-14/h2-13H,1H3,(H,23,24). The van der Waals surface area contributed by atoms with Crippen molar-refractivity contribution in [1.29, 1.82) is 0 Å². The van der Waals surface area contributed by atoms with Crippen molar-refractivity contribution in [1.82, 2.24) is 9.97 Å². The Kier molecular flexibility index (Phi) is 4.99. The fraction of sp³-hybridized carbons (Fsp3) is 0.105. The third-order valence-corrected chi connectivity index (χ3v) is 3.45. The van der Waals surface area contributed by atoms with Crippen molar-refractivity contribution in [2.75, 3.05) is 5.32 Å². The smallest absolute Gasteiger partial charge is 0.265 e. The topological polar surface area (TPSA) is 64.1 Å². The zero-order valence-electron chi connectivity index (χ0n) is 13.5. The molecule has 1 atom stereocenters. The lowest BCUT2D eigenvalue weighted by atomic mass is 10.2. The number of hydrogen-bond donors (Lipinski definition) is 1. The molecule has 3 aromatic rings. The molecule has 0 bridgehead atoms. The average molecular weight is 337 g/mol. The first-order valence-corrected chi connectivity index (χ1v) is 7.72. The number of ether oxygens (including phenoxy) is 1. The van der Waals surface area contributed by atoms with Gasteiger partial charge in [0.1, 0.15) is 11.6 Å². The predicted octanol–water partition coefficient (Wildman–Crippen LogP) is 3.69. The fourth-order valence-electron chi connectivity index (χ4n) is 2.14. The van der Waals surface area contributed by atoms with E-state index in [9.17, 15) is 9.18 Å². The molecule has 1 N–H and O–H groups in total. The van der Waals surface area contributed by atoms with Crippen LogP contribution in [0.3, 0.4) is 0 Å². The van der Waals surface area contributed by atoms with E-state index in [4.69, 9.17) is 4.74 Å². The molecule has 3 rings (SSSR count). The first-order valence-electron chi connectivity index (χ1n) is 7.72. The summed E-state index contributed by atoms with van der Waals surface area (Å²) >= 11 is 0. The molecule has 0 aliphatic heterocycles. The van der Waals surface area contributed by atoms with Crippen LogP contribution in [0.1, 0.15) is 6.92 Å². The average Bonchev–Trinajstić information content (AvgIpc) is 2.65. The van der Waals surface area contributed by atoms with E-state index in [1.807, 2.05) is 30.3 Å². The number of benzene rings is 2. The molecule has 1 unspecified atom stereocenters. The second-order valence-electron chi connectivity index (χ2n) is 5.36. The zero-order valence-corrected chi connectivity index (χ0v) is 13.5. The maximum atomic E-state index is 12.9. The number of nitrogens with zero attached hydrogens (tertiary/aromatic N) is 2. The van der Waals surface area contributed by atoms with E-state index in [0.717, 1.165) is 5.56 Å². The molecule has 2 aromatic carbocycles. The highest BCUT2D eigenvalue weighted by Gasteiger charge is 2.15. The molecule has 1 aromatic heterocycles. The van der Waals surface area contributed by atoms with Crippen LogP contribution in [0, 0.1) is 5.82 Å². The van der Waals surface area contributed by atoms with Gasteiger partial charge in [-0.05, 0) is 31.2 Å². The van der Waals surface area contributed by atoms with Crippen LogP contribution in [0.5, 0.6) is 5.75 Å². The quantitative estimate of drug-likeness (QED) is 0.771. The van der Waals surface area contributed by atoms with Gasteiger partial charge in [-0.3, -0.25) is 4.79 Å². The SMILES string of the molecule is CC(Oc1ccc(F)cc1)C(=O)Nc1cnc(-c2ccccc2)nc1. The number of aromatic nitrogens is 2. The number of halogens is 1. The van der Waals surface area contributed by atoms with E-state index >= 15 is 0 Å². The lowest BCUT2D eigenvalue weighted by Crippen LogP contribution is -2.30. The highest BCUT2D eigenvalue weighted by atomic mass is 19.1. The summed E-state index contributed by atoms with van der Waals surface area (Å²) in [5.74, 6) is 0.287. The number of nitrogens with one attached hydrogen (secondary N) is 1. The van der Waals surface area contributed by atoms with Crippen molar-refractivity contribution in [3.8, 4) is 17.1 Å². The van der Waals surface area contributed by atoms with Crippen LogP contribution in [0.15, 0.2) is 67.0 Å². The van der Waals surface area contributed by atoms with Gasteiger partial charge in [0.25, 0.3) is 5.91 Å². The second kappa shape index (κ2) is 7.53. The molecule has 5 nitrogen and oxygen atoms in total. The lowest BCUT2D eigenvalue weighted by Gasteiger charge is -2.14. The third-order valence-electron chi connectivity index (χ3n) is 3.45. The summed E-state index contributed by atoms with van der Waals surface area (Å²) in [7, 11) is 0. The maximum absolute atomic E-state index is 12.9. The van der Waals surface area contributed by atoms with Crippen molar-refractivity contribution >= 4 is 11.6 Å². The lowest BCUT2D eigenvalue weighted by molar-refractivity contribution is -0.122. The normalized spacial score (nSPS) is 11.6. The largest absolute Gasteiger partial charge is 0.481 e. The summed E-state index contributed by atoms with van der Waals surface area (Å²) in [6.45, 7) is 1.61. The molecule has 126 valence electrons. The number of hydrogen-bond acceptors (Lipinski definition) is 4. The molecule has 25 heavy (non-hydrogen) atoms. The number of carbonyl (C=O) groups is 1. The molecular formula is C19H16FN3O2. The van der Waals surface area contributed by atoms with Crippen LogP contribution in [0.2, 0.25) is 0 Å². The second-order valence-corrected chi connectivity index (χ2v) is 5.36. The van der Waals surface area contributed by atoms with E-state index in [0.29, 0.717) is 17.3 Å². The molecule has 0 saturated heterocycles. The molecular weight excluding hydrogens is 321 g/mol. The summed E-state index contributed by atoms with van der Waals surface area (Å²) < 4.78 is 18.4. The van der Waals surface area contributed by atoms with Gasteiger partial charge in [-0.15, -0.1) is 0 Å². The van der Waals surface area contributed by atoms with Gasteiger partial charge in [0.05, 0.1) is 18.1 Å². The van der Waals surface area contributed by atoms with Crippen LogP contribution in [-0.2, 0) is 4.79 Å². The fourth-order valence-corrected chi connectivity index (χ4v) is 2.14. The molecule has 0 spiro atoms. The van der Waals surface area contributed by atoms with Gasteiger partial charge in [-0.25, -0.2) is 14.4 Å². The van der Waals surface area contributed by atoms with Crippen molar-refractivity contribution in [3.63, 3.8) is 0 Å². The van der Waals surface area contributed by atoms with E-state index in [1.165, 1.54) is 36.7 Å². The molecule has 0 radical (unpaired) electrons. The molecule has 0 aliphatic rings. The molecule has 0 saturated carbocycles. The van der Waals surface area contributed by atoms with E-state index in [2.05, 4.69) is 15.3 Å². The first kappa shape index (κ1) is 16.6. The van der Waals surface area contributed by atoms with Gasteiger partial charge in [-0.1, -0.05) is 30.3 Å². The van der Waals surface area contributed by atoms with Crippen LogP contribution in [-0.4, -0.2) is 22.0 Å². The van der Waals surface area contributed by atoms with E-state index < -0.39 is 6.10 Å². The summed E-state index contributed by atoms with van der Waals surface area (Å²) in [4.78, 5) is 20.7. The zero-order chi connectivity index (χ0) is 17.6. The monoisotopic (exact) mass is 337 g/mol. The minimum atomic E-state index is -0.751. The number of anilines is 1. The van der Waals surface area contributed by atoms with Gasteiger partial charge in [0, 0.05) is 5.56 Å². The van der Waals surface area contributed by atoms with E-state index in [1.54, 1.807) is 6.92 Å². The molecule has 1 amide bonds. The van der Waals surface area contributed by atoms with Gasteiger partial charge in [0.15, 0.2) is 11.9 Å². The van der Waals surface area contributed by atoms with Crippen molar-refractivity contribution < 1.29 is 13.9 Å². The minimum absolute atomic E-state index is 0.347. The van der Waals surface area contributed by atoms with Gasteiger partial charge < -0.3 is 10.1 Å². The highest BCUT2D eigenvalue weighted by molar-refractivity contribution is 5.93. The van der Waals surface area contributed by atoms with Crippen LogP contribution in [0.25, 0.3) is 11.4 Å². The highest BCUT2D eigenvalue weighted by Crippen LogP contribution is 2.16. The minimum Gasteiger partial charge on any atom is -0.481 e. The first-order chi connectivity index (χ1) is 12.1. The molecule has 0 aliphatic carbocycles. The van der Waals surface area contributed by atoms with Gasteiger partial charge in [-0.2, -0.15) is 0 Å². The van der Waals surface area contributed by atoms with Crippen LogP contribution >= 0.6 is 0 Å². The maximum Gasteiger partial charge on any atom is 0.265 e. The van der Waals surface area contributed by atoms with Crippen LogP contribution < -0.4 is 10.1 Å².